The lowest BCUT2D eigenvalue weighted by atomic mass is 9.84. The third-order valence-corrected chi connectivity index (χ3v) is 15.0. The molecule has 4 heterocycles. The highest BCUT2D eigenvalue weighted by Gasteiger charge is 2.37. The van der Waals surface area contributed by atoms with E-state index in [0.29, 0.717) is 55.1 Å². The number of thioether (sulfide) groups is 1. The molecule has 24 heteroatoms. The van der Waals surface area contributed by atoms with E-state index in [2.05, 4.69) is 26.3 Å². The van der Waals surface area contributed by atoms with E-state index in [1.165, 1.54) is 4.90 Å². The van der Waals surface area contributed by atoms with Gasteiger partial charge in [0.15, 0.2) is 17.8 Å². The number of carbonyl (C=O) groups excluding carboxylic acids is 8. The van der Waals surface area contributed by atoms with Crippen LogP contribution in [-0.2, 0) is 54.4 Å². The molecule has 3 saturated heterocycles. The number of esters is 1. The van der Waals surface area contributed by atoms with Crippen molar-refractivity contribution in [2.45, 2.75) is 104 Å². The van der Waals surface area contributed by atoms with Crippen molar-refractivity contribution in [2.24, 2.45) is 22.7 Å². The first kappa shape index (κ1) is 60.8. The Morgan fingerprint density at radius 1 is 0.855 bits per heavy atom. The van der Waals surface area contributed by atoms with Gasteiger partial charge in [0.2, 0.25) is 23.6 Å². The number of nitrogens with zero attached hydrogens (tertiary/aromatic N) is 6. The minimum absolute atomic E-state index is 0.0110. The molecule has 1 aromatic rings. The number of carboxylic acid groups (broad SMARTS) is 2. The van der Waals surface area contributed by atoms with E-state index in [-0.39, 0.29) is 139 Å². The van der Waals surface area contributed by atoms with Gasteiger partial charge in [-0.05, 0) is 48.0 Å². The van der Waals surface area contributed by atoms with Gasteiger partial charge in [-0.3, -0.25) is 72.6 Å². The van der Waals surface area contributed by atoms with Crippen LogP contribution in [0.3, 0.4) is 0 Å². The lowest BCUT2D eigenvalue weighted by Crippen LogP contribution is -2.51. The molecule has 418 valence electrons. The first-order valence-corrected chi connectivity index (χ1v) is 27.4. The first-order valence-electron chi connectivity index (χ1n) is 26.3. The molecule has 4 aliphatic rings. The van der Waals surface area contributed by atoms with Gasteiger partial charge in [0, 0.05) is 114 Å². The number of carbonyl (C=O) groups is 10. The van der Waals surface area contributed by atoms with Crippen LogP contribution in [0.2, 0.25) is 0 Å². The summed E-state index contributed by atoms with van der Waals surface area (Å²) in [5.74, 6) is -4.58. The number of ketones is 2. The van der Waals surface area contributed by atoms with Crippen LogP contribution >= 0.6 is 11.8 Å². The second-order valence-corrected chi connectivity index (χ2v) is 21.2. The van der Waals surface area contributed by atoms with Crippen molar-refractivity contribution in [1.29, 1.82) is 0 Å². The molecule has 0 saturated carbocycles. The number of hydrogen-bond acceptors (Lipinski definition) is 17. The fourth-order valence-electron chi connectivity index (χ4n) is 9.42. The van der Waals surface area contributed by atoms with Crippen molar-refractivity contribution in [1.82, 2.24) is 40.4 Å². The van der Waals surface area contributed by atoms with Crippen LogP contribution in [0.25, 0.3) is 0 Å². The second kappa shape index (κ2) is 30.6. The average molecular weight is 1080 g/mol. The number of benzene rings is 1. The zero-order valence-electron chi connectivity index (χ0n) is 44.2. The third-order valence-electron chi connectivity index (χ3n) is 14.0. The predicted octanol–water partition coefficient (Wildman–Crippen LogP) is 1.81. The molecule has 5 rings (SSSR count). The fourth-order valence-corrected chi connectivity index (χ4v) is 10.1. The topological polar surface area (TPSA) is 297 Å². The molecule has 0 aromatic heterocycles. The van der Waals surface area contributed by atoms with Crippen molar-refractivity contribution in [3.8, 4) is 0 Å². The lowest BCUT2D eigenvalue weighted by Gasteiger charge is -2.33. The fraction of sp³-hybridized carbons (Fsp3) is 0.635. The van der Waals surface area contributed by atoms with Gasteiger partial charge in [-0.15, -0.1) is 0 Å². The van der Waals surface area contributed by atoms with Gasteiger partial charge in [-0.1, -0.05) is 52.3 Å². The highest BCUT2D eigenvalue weighted by Crippen LogP contribution is 2.25. The maximum atomic E-state index is 14.2. The smallest absolute Gasteiger partial charge is 0.321 e. The minimum atomic E-state index is -1.05. The van der Waals surface area contributed by atoms with E-state index in [1.807, 2.05) is 26.8 Å². The minimum Gasteiger partial charge on any atom is -0.480 e. The van der Waals surface area contributed by atoms with Gasteiger partial charge in [0.05, 0.1) is 44.8 Å². The molecule has 6 amide bonds. The molecule has 3 fully saturated rings. The molecule has 2 unspecified atom stereocenters. The molecule has 0 aliphatic carbocycles. The number of ether oxygens (including phenoxy) is 1. The maximum Gasteiger partial charge on any atom is 0.321 e. The van der Waals surface area contributed by atoms with Crippen molar-refractivity contribution in [3.05, 3.63) is 41.6 Å². The monoisotopic (exact) mass is 1080 g/mol. The van der Waals surface area contributed by atoms with Crippen LogP contribution in [0.4, 0.5) is 10.5 Å². The van der Waals surface area contributed by atoms with Crippen LogP contribution in [-0.4, -0.2) is 208 Å². The van der Waals surface area contributed by atoms with E-state index in [9.17, 15) is 58.2 Å². The van der Waals surface area contributed by atoms with Crippen LogP contribution < -0.4 is 21.3 Å². The molecule has 0 bridgehead atoms. The number of aliphatic imine (C=N–C) groups is 1. The van der Waals surface area contributed by atoms with Crippen molar-refractivity contribution in [2.75, 3.05) is 95.4 Å². The summed E-state index contributed by atoms with van der Waals surface area (Å²) in [5.41, 5.74) is 1.77. The summed E-state index contributed by atoms with van der Waals surface area (Å²) < 4.78 is 5.59. The van der Waals surface area contributed by atoms with Gasteiger partial charge in [-0.25, -0.2) is 4.79 Å². The first-order chi connectivity index (χ1) is 36.3. The summed E-state index contributed by atoms with van der Waals surface area (Å²) in [4.78, 5) is 142. The van der Waals surface area contributed by atoms with E-state index < -0.39 is 60.0 Å². The molecular weight excluding hydrogens is 1000 g/mol. The molecule has 6 N–H and O–H groups in total. The third kappa shape index (κ3) is 19.8. The van der Waals surface area contributed by atoms with E-state index in [4.69, 9.17) is 4.74 Å². The van der Waals surface area contributed by atoms with Gasteiger partial charge < -0.3 is 36.2 Å². The number of urea groups is 1. The number of rotatable bonds is 28. The van der Waals surface area contributed by atoms with Crippen LogP contribution in [0.15, 0.2) is 41.0 Å². The van der Waals surface area contributed by atoms with Gasteiger partial charge in [0.25, 0.3) is 0 Å². The molecule has 0 spiro atoms. The Morgan fingerprint density at radius 2 is 1.53 bits per heavy atom. The van der Waals surface area contributed by atoms with E-state index in [1.54, 1.807) is 68.8 Å². The molecule has 1 aromatic carbocycles. The number of Topliss-reactive ketones (excluding diaryl/α,β-unsaturated/α-hetero) is 2. The molecule has 0 radical (unpaired) electrons. The number of nitrogens with one attached hydrogen (secondary N) is 4. The largest absolute Gasteiger partial charge is 0.480 e. The van der Waals surface area contributed by atoms with Gasteiger partial charge >= 0.3 is 23.9 Å². The highest BCUT2D eigenvalue weighted by atomic mass is 32.2. The second-order valence-electron chi connectivity index (χ2n) is 19.8. The Morgan fingerprint density at radius 3 is 2.13 bits per heavy atom. The van der Waals surface area contributed by atoms with Crippen molar-refractivity contribution < 1.29 is 62.9 Å². The Balaban J connectivity index is 1.16. The SMILES string of the molecule is CCSCC[C@H](NC(=O)Nc1ccc(CNC(=O)CN2CCN(CC(=O)O)CCN(CC(=O)O)CCN3CC(=O)OC3C2)cc1)C(=O)C[C@H](C(=O)N[C@@H](CC1=CCC=N1)C(=O)CCCN1C(=O)CC(C)C1=O)[C@@H](C)CC. The number of imide groups is 1. The average Bonchev–Trinajstić information content (AvgIpc) is 4.08. The Hall–Kier alpha value is -6.08. The number of fused-ring (bicyclic) bond motifs is 1. The zero-order valence-corrected chi connectivity index (χ0v) is 45.0. The van der Waals surface area contributed by atoms with Crippen LogP contribution in [0.5, 0.6) is 0 Å². The normalized spacial score (nSPS) is 20.6. The summed E-state index contributed by atoms with van der Waals surface area (Å²) in [7, 11) is 0. The molecular formula is C52H76N10O13S. The predicted molar refractivity (Wildman–Crippen MR) is 283 cm³/mol. The van der Waals surface area contributed by atoms with Gasteiger partial charge in [0.1, 0.15) is 0 Å². The number of likely N-dealkylation sites (tertiary alicyclic amines) is 1. The van der Waals surface area contributed by atoms with Crippen molar-refractivity contribution >= 4 is 82.8 Å². The number of hydrogen-bond donors (Lipinski definition) is 6. The molecule has 4 aliphatic heterocycles. The quantitative estimate of drug-likeness (QED) is 0.0396. The summed E-state index contributed by atoms with van der Waals surface area (Å²) >= 11 is 1.60. The lowest BCUT2D eigenvalue weighted by molar-refractivity contribution is -0.143. The summed E-state index contributed by atoms with van der Waals surface area (Å²) in [6.07, 6.45) is 4.70. The van der Waals surface area contributed by atoms with Crippen LogP contribution in [0.1, 0.15) is 84.6 Å². The highest BCUT2D eigenvalue weighted by molar-refractivity contribution is 7.99. The van der Waals surface area contributed by atoms with E-state index >= 15 is 0 Å². The number of anilines is 1. The molecule has 23 nitrogen and oxygen atoms in total. The summed E-state index contributed by atoms with van der Waals surface area (Å²) in [6.45, 7) is 8.97. The Bertz CT molecular complexity index is 2300. The molecule has 76 heavy (non-hydrogen) atoms. The maximum absolute atomic E-state index is 14.2. The van der Waals surface area contributed by atoms with Gasteiger partial charge in [-0.2, -0.15) is 11.8 Å². The Labute approximate surface area is 448 Å². The number of aliphatic carboxylic acids is 2. The van der Waals surface area contributed by atoms with E-state index in [0.717, 1.165) is 5.75 Å². The Kier molecular flexibility index (Phi) is 24.5. The van der Waals surface area contributed by atoms with Crippen LogP contribution in [0, 0.1) is 17.8 Å². The number of amides is 6. The van der Waals surface area contributed by atoms with Crippen molar-refractivity contribution in [3.63, 3.8) is 0 Å². The standard InChI is InChI=1S/C52H76N10O13S/c1-5-34(3)39(50(72)56-41(26-38-9-7-16-53-38)42(63)10-8-17-62-45(66)25-35(4)51(62)73)27-43(64)40(15-24-76-6-2)57-52(74)55-37-13-11-36(12-14-37)28-54-44(65)29-60-21-20-58(31-47(67)68)18-19-59(32-48(69)70)22-23-61-33-49(71)75-46(61)30-60/h9,11-14,16,34-35,39-41,46H,5-8,10,15,17-33H2,1-4H3,(H,54,65)(H,56,72)(H,67,68)(H,69,70)(H2,55,57,74)/t34-,35?,39-,40-,41-,46?/m0/s1. The zero-order chi connectivity index (χ0) is 55.3. The molecule has 6 atom stereocenters. The summed E-state index contributed by atoms with van der Waals surface area (Å²) in [5, 5.41) is 30.4. The number of carboxylic acids is 2. The summed E-state index contributed by atoms with van der Waals surface area (Å²) in [6, 6.07) is 4.23. The number of allylic oxidation sites excluding steroid dienone is 1.